The molecule has 1 aromatic carbocycles. The predicted molar refractivity (Wildman–Crippen MR) is 75.2 cm³/mol. The number of carbonyl (C=O) groups is 2. The zero-order valence-corrected chi connectivity index (χ0v) is 11.6. The zero-order chi connectivity index (χ0) is 15.0. The van der Waals surface area contributed by atoms with Crippen molar-refractivity contribution in [2.24, 2.45) is 0 Å². The highest BCUT2D eigenvalue weighted by molar-refractivity contribution is 5.86. The van der Waals surface area contributed by atoms with Crippen LogP contribution in [0.25, 0.3) is 0 Å². The molecule has 0 radical (unpaired) electrons. The van der Waals surface area contributed by atoms with Crippen molar-refractivity contribution in [1.82, 2.24) is 5.32 Å². The topological polar surface area (TPSA) is 86.6 Å². The van der Waals surface area contributed by atoms with Crippen LogP contribution in [0, 0.1) is 0 Å². The number of unbranched alkanes of at least 4 members (excludes halogenated alkanes) is 1. The third-order valence-corrected chi connectivity index (χ3v) is 3.03. The number of carbonyl (C=O) groups excluding carboxylic acids is 1. The first kappa shape index (κ1) is 16.2. The fourth-order valence-corrected chi connectivity index (χ4v) is 1.85. The van der Waals surface area contributed by atoms with Gasteiger partial charge in [0.05, 0.1) is 0 Å². The Balaban J connectivity index is 2.59. The van der Waals surface area contributed by atoms with Crippen LogP contribution in [-0.4, -0.2) is 34.2 Å². The normalized spacial score (nSPS) is 13.5. The zero-order valence-electron chi connectivity index (χ0n) is 11.6. The Morgan fingerprint density at radius 1 is 1.25 bits per heavy atom. The van der Waals surface area contributed by atoms with Gasteiger partial charge in [0.25, 0.3) is 0 Å². The molecule has 20 heavy (non-hydrogen) atoms. The number of aliphatic hydroxyl groups excluding tert-OH is 1. The number of aliphatic hydroxyl groups is 1. The van der Waals surface area contributed by atoms with Gasteiger partial charge >= 0.3 is 5.97 Å². The second-order valence-electron chi connectivity index (χ2n) is 4.75. The van der Waals surface area contributed by atoms with Crippen LogP contribution in [0.15, 0.2) is 30.3 Å². The Hall–Kier alpha value is -1.88. The molecule has 0 aliphatic carbocycles. The number of hydrogen-bond donors (Lipinski definition) is 3. The number of carboxylic acid groups (broad SMARTS) is 1. The van der Waals surface area contributed by atoms with Crippen LogP contribution < -0.4 is 5.32 Å². The van der Waals surface area contributed by atoms with Crippen molar-refractivity contribution in [3.8, 4) is 0 Å². The molecule has 110 valence electrons. The quantitative estimate of drug-likeness (QED) is 0.670. The molecule has 1 amide bonds. The highest BCUT2D eigenvalue weighted by Gasteiger charge is 2.23. The van der Waals surface area contributed by atoms with Crippen LogP contribution >= 0.6 is 0 Å². The molecule has 0 saturated carbocycles. The van der Waals surface area contributed by atoms with Gasteiger partial charge in [-0.1, -0.05) is 50.1 Å². The van der Waals surface area contributed by atoms with Crippen molar-refractivity contribution in [3.63, 3.8) is 0 Å². The van der Waals surface area contributed by atoms with Gasteiger partial charge in [-0.2, -0.15) is 0 Å². The molecule has 0 fully saturated rings. The Bertz CT molecular complexity index is 433. The summed E-state index contributed by atoms with van der Waals surface area (Å²) in [5.74, 6) is -1.73. The van der Waals surface area contributed by atoms with E-state index in [0.29, 0.717) is 6.42 Å². The number of aliphatic carboxylic acids is 1. The van der Waals surface area contributed by atoms with Crippen molar-refractivity contribution >= 4 is 11.9 Å². The average Bonchev–Trinajstić information content (AvgIpc) is 2.44. The smallest absolute Gasteiger partial charge is 0.326 e. The van der Waals surface area contributed by atoms with Gasteiger partial charge in [-0.05, 0) is 12.0 Å². The van der Waals surface area contributed by atoms with E-state index in [4.69, 9.17) is 5.11 Å². The van der Waals surface area contributed by atoms with Gasteiger partial charge in [0.15, 0.2) is 0 Å². The third-order valence-electron chi connectivity index (χ3n) is 3.03. The van der Waals surface area contributed by atoms with Gasteiger partial charge in [-0.15, -0.1) is 0 Å². The van der Waals surface area contributed by atoms with E-state index in [1.54, 1.807) is 12.1 Å². The van der Waals surface area contributed by atoms with E-state index >= 15 is 0 Å². The third kappa shape index (κ3) is 5.40. The van der Waals surface area contributed by atoms with Crippen LogP contribution in [0.1, 0.15) is 31.7 Å². The second-order valence-corrected chi connectivity index (χ2v) is 4.75. The fraction of sp³-hybridized carbons (Fsp3) is 0.467. The summed E-state index contributed by atoms with van der Waals surface area (Å²) >= 11 is 0. The standard InChI is InChI=1S/C15H21NO4/c1-2-3-9-13(17)14(18)16-12(15(19)20)10-11-7-5-4-6-8-11/h4-8,12-13,17H,2-3,9-10H2,1H3,(H,16,18)(H,19,20). The first-order valence-electron chi connectivity index (χ1n) is 6.79. The van der Waals surface area contributed by atoms with Gasteiger partial charge in [-0.25, -0.2) is 4.79 Å². The molecule has 5 nitrogen and oxygen atoms in total. The minimum Gasteiger partial charge on any atom is -0.480 e. The summed E-state index contributed by atoms with van der Waals surface area (Å²) in [6.07, 6.45) is 0.997. The Labute approximate surface area is 118 Å². The van der Waals surface area contributed by atoms with Gasteiger partial charge in [0.2, 0.25) is 5.91 Å². The number of hydrogen-bond acceptors (Lipinski definition) is 3. The fourth-order valence-electron chi connectivity index (χ4n) is 1.85. The summed E-state index contributed by atoms with van der Waals surface area (Å²) in [5.41, 5.74) is 0.822. The van der Waals surface area contributed by atoms with E-state index in [1.807, 2.05) is 25.1 Å². The summed E-state index contributed by atoms with van der Waals surface area (Å²) in [6.45, 7) is 1.96. The molecule has 3 N–H and O–H groups in total. The summed E-state index contributed by atoms with van der Waals surface area (Å²) < 4.78 is 0. The lowest BCUT2D eigenvalue weighted by molar-refractivity contribution is -0.143. The highest BCUT2D eigenvalue weighted by atomic mass is 16.4. The van der Waals surface area contributed by atoms with Crippen LogP contribution in [0.3, 0.4) is 0 Å². The molecule has 1 rings (SSSR count). The Kier molecular flexibility index (Phi) is 6.73. The number of carboxylic acids is 1. The van der Waals surface area contributed by atoms with E-state index in [9.17, 15) is 14.7 Å². The van der Waals surface area contributed by atoms with Crippen molar-refractivity contribution in [2.45, 2.75) is 44.8 Å². The molecule has 2 unspecified atom stereocenters. The highest BCUT2D eigenvalue weighted by Crippen LogP contribution is 2.05. The van der Waals surface area contributed by atoms with E-state index in [2.05, 4.69) is 5.32 Å². The van der Waals surface area contributed by atoms with E-state index in [1.165, 1.54) is 0 Å². The van der Waals surface area contributed by atoms with Crippen LogP contribution in [0.5, 0.6) is 0 Å². The lowest BCUT2D eigenvalue weighted by atomic mass is 10.1. The van der Waals surface area contributed by atoms with Crippen LogP contribution in [-0.2, 0) is 16.0 Å². The minimum atomic E-state index is -1.15. The minimum absolute atomic E-state index is 0.197. The largest absolute Gasteiger partial charge is 0.480 e. The van der Waals surface area contributed by atoms with Gasteiger partial charge in [-0.3, -0.25) is 4.79 Å². The maximum absolute atomic E-state index is 11.7. The van der Waals surface area contributed by atoms with Crippen molar-refractivity contribution in [1.29, 1.82) is 0 Å². The average molecular weight is 279 g/mol. The summed E-state index contributed by atoms with van der Waals surface area (Å²) in [4.78, 5) is 22.9. The van der Waals surface area contributed by atoms with E-state index in [-0.39, 0.29) is 6.42 Å². The van der Waals surface area contributed by atoms with Crippen molar-refractivity contribution < 1.29 is 19.8 Å². The Morgan fingerprint density at radius 2 is 1.90 bits per heavy atom. The monoisotopic (exact) mass is 279 g/mol. The molecule has 1 aromatic rings. The SMILES string of the molecule is CCCCC(O)C(=O)NC(Cc1ccccc1)C(=O)O. The molecule has 0 aromatic heterocycles. The number of nitrogens with one attached hydrogen (secondary N) is 1. The summed E-state index contributed by atoms with van der Waals surface area (Å²) in [6, 6.07) is 8.04. The van der Waals surface area contributed by atoms with Crippen LogP contribution in [0.4, 0.5) is 0 Å². The molecule has 0 saturated heterocycles. The molecule has 0 heterocycles. The lowest BCUT2D eigenvalue weighted by Crippen LogP contribution is -2.46. The lowest BCUT2D eigenvalue weighted by Gasteiger charge is -2.17. The molecular formula is C15H21NO4. The summed E-state index contributed by atoms with van der Waals surface area (Å²) in [7, 11) is 0. The molecule has 0 spiro atoms. The van der Waals surface area contributed by atoms with Gasteiger partial charge in [0.1, 0.15) is 12.1 Å². The molecule has 0 aliphatic rings. The van der Waals surface area contributed by atoms with Gasteiger partial charge in [0, 0.05) is 6.42 Å². The van der Waals surface area contributed by atoms with Crippen molar-refractivity contribution in [3.05, 3.63) is 35.9 Å². The van der Waals surface area contributed by atoms with Crippen molar-refractivity contribution in [2.75, 3.05) is 0 Å². The summed E-state index contributed by atoms with van der Waals surface area (Å²) in [5, 5.41) is 21.2. The maximum Gasteiger partial charge on any atom is 0.326 e. The molecule has 0 bridgehead atoms. The first-order valence-corrected chi connectivity index (χ1v) is 6.79. The molecule has 5 heteroatoms. The van der Waals surface area contributed by atoms with Crippen LogP contribution in [0.2, 0.25) is 0 Å². The predicted octanol–water partition coefficient (Wildman–Crippen LogP) is 1.35. The molecule has 0 aliphatic heterocycles. The number of amides is 1. The second kappa shape index (κ2) is 8.32. The molecule has 2 atom stereocenters. The van der Waals surface area contributed by atoms with E-state index in [0.717, 1.165) is 18.4 Å². The van der Waals surface area contributed by atoms with E-state index < -0.39 is 24.0 Å². The first-order chi connectivity index (χ1) is 9.54. The maximum atomic E-state index is 11.7. The molecular weight excluding hydrogens is 258 g/mol. The number of rotatable bonds is 8. The van der Waals surface area contributed by atoms with Gasteiger partial charge < -0.3 is 15.5 Å². The number of benzene rings is 1. The Morgan fingerprint density at radius 3 is 2.45 bits per heavy atom.